The van der Waals surface area contributed by atoms with Crippen LogP contribution in [0, 0.1) is 10.1 Å². The van der Waals surface area contributed by atoms with E-state index in [-0.39, 0.29) is 5.82 Å². The minimum Gasteiger partial charge on any atom is -0.358 e. The summed E-state index contributed by atoms with van der Waals surface area (Å²) in [6, 6.07) is 0. The van der Waals surface area contributed by atoms with Gasteiger partial charge in [-0.15, -0.1) is 0 Å². The van der Waals surface area contributed by atoms with Crippen LogP contribution >= 0.6 is 0 Å². The molecular weight excluding hydrogens is 273 g/mol. The Bertz CT molecular complexity index is 484. The van der Waals surface area contributed by atoms with Gasteiger partial charge in [0.25, 0.3) is 0 Å². The first-order valence-corrected chi connectivity index (χ1v) is 5.08. The first-order valence-electron chi connectivity index (χ1n) is 5.08. The number of Topliss-reactive ketones (excluding diaryl/α,β-unsaturated/α-hetero) is 1. The molecule has 0 fully saturated rings. The molecule has 0 atom stereocenters. The Kier molecular flexibility index (Phi) is 4.57. The van der Waals surface area contributed by atoms with E-state index in [0.717, 1.165) is 6.20 Å². The number of carbonyl (C=O) groups excluding carboxylic acids is 1. The zero-order valence-corrected chi connectivity index (χ0v) is 9.48. The zero-order valence-electron chi connectivity index (χ0n) is 9.48. The Labute approximate surface area is 104 Å². The van der Waals surface area contributed by atoms with Gasteiger partial charge in [0.2, 0.25) is 5.82 Å². The van der Waals surface area contributed by atoms with E-state index in [1.54, 1.807) is 0 Å². The SMILES string of the molecule is O=C(CCC(F)(F)F)Cn1c([N+](=O)[O-])cnc1C[18F]. The van der Waals surface area contributed by atoms with E-state index in [1.165, 1.54) is 0 Å². The molecular formula is C9H9F4N3O3. The van der Waals surface area contributed by atoms with Crippen molar-refractivity contribution in [2.45, 2.75) is 32.2 Å². The lowest BCUT2D eigenvalue weighted by Crippen LogP contribution is -2.17. The predicted molar refractivity (Wildman–Crippen MR) is 54.0 cm³/mol. The van der Waals surface area contributed by atoms with Gasteiger partial charge in [-0.3, -0.25) is 4.79 Å². The second-order valence-electron chi connectivity index (χ2n) is 3.66. The number of halogens is 4. The Hall–Kier alpha value is -2.00. The molecule has 0 amide bonds. The van der Waals surface area contributed by atoms with Crippen LogP contribution in [0.2, 0.25) is 0 Å². The third-order valence-corrected chi connectivity index (χ3v) is 2.25. The first-order chi connectivity index (χ1) is 8.74. The van der Waals surface area contributed by atoms with Crippen LogP contribution in [0.4, 0.5) is 23.4 Å². The summed E-state index contributed by atoms with van der Waals surface area (Å²) in [5.74, 6) is -1.88. The summed E-state index contributed by atoms with van der Waals surface area (Å²) >= 11 is 0. The second kappa shape index (κ2) is 5.76. The fraction of sp³-hybridized carbons (Fsp3) is 0.556. The number of alkyl halides is 4. The van der Waals surface area contributed by atoms with Gasteiger partial charge in [0, 0.05) is 6.42 Å². The van der Waals surface area contributed by atoms with Crippen molar-refractivity contribution in [3.63, 3.8) is 0 Å². The third kappa shape index (κ3) is 4.30. The standard InChI is InChI=1S/C9H9F4N3O3/c10-3-7-14-4-8(16(18)19)15(7)5-6(17)1-2-9(11,12)13/h4H,1-3,5H2/i10-1. The first kappa shape index (κ1) is 15.1. The van der Waals surface area contributed by atoms with Crippen molar-refractivity contribution in [3.8, 4) is 0 Å². The van der Waals surface area contributed by atoms with Crippen molar-refractivity contribution in [2.75, 3.05) is 0 Å². The topological polar surface area (TPSA) is 78.0 Å². The van der Waals surface area contributed by atoms with Gasteiger partial charge in [-0.1, -0.05) is 0 Å². The summed E-state index contributed by atoms with van der Waals surface area (Å²) in [7, 11) is 0. The van der Waals surface area contributed by atoms with E-state index >= 15 is 0 Å². The van der Waals surface area contributed by atoms with E-state index < -0.39 is 48.8 Å². The van der Waals surface area contributed by atoms with E-state index in [2.05, 4.69) is 4.98 Å². The molecule has 0 N–H and O–H groups in total. The monoisotopic (exact) mass is 282 g/mol. The summed E-state index contributed by atoms with van der Waals surface area (Å²) in [4.78, 5) is 24.4. The largest absolute Gasteiger partial charge is 0.389 e. The number of hydrogen-bond acceptors (Lipinski definition) is 4. The molecule has 0 aliphatic heterocycles. The summed E-state index contributed by atoms with van der Waals surface area (Å²) in [5.41, 5.74) is 0. The highest BCUT2D eigenvalue weighted by atomic mass is 19.4. The molecule has 0 aliphatic rings. The highest BCUT2D eigenvalue weighted by Crippen LogP contribution is 2.22. The average Bonchev–Trinajstić information content (AvgIpc) is 2.68. The van der Waals surface area contributed by atoms with Gasteiger partial charge in [0.15, 0.2) is 19.0 Å². The Morgan fingerprint density at radius 2 is 2.11 bits per heavy atom. The van der Waals surface area contributed by atoms with Crippen LogP contribution in [0.15, 0.2) is 6.20 Å². The van der Waals surface area contributed by atoms with Crippen LogP contribution in [0.1, 0.15) is 18.7 Å². The molecule has 10 heteroatoms. The molecule has 6 nitrogen and oxygen atoms in total. The number of nitrogens with zero attached hydrogens (tertiary/aromatic N) is 3. The number of carbonyl (C=O) groups is 1. The van der Waals surface area contributed by atoms with Crippen molar-refractivity contribution in [1.29, 1.82) is 0 Å². The molecule has 1 heterocycles. The van der Waals surface area contributed by atoms with Gasteiger partial charge in [0.05, 0.1) is 6.42 Å². The summed E-state index contributed by atoms with van der Waals surface area (Å²) in [6.07, 6.45) is -5.87. The number of imidazole rings is 1. The summed E-state index contributed by atoms with van der Waals surface area (Å²) < 4.78 is 48.9. The van der Waals surface area contributed by atoms with Gasteiger partial charge >= 0.3 is 12.0 Å². The minimum atomic E-state index is -4.49. The third-order valence-electron chi connectivity index (χ3n) is 2.25. The lowest BCUT2D eigenvalue weighted by atomic mass is 10.2. The molecule has 0 saturated carbocycles. The van der Waals surface area contributed by atoms with Gasteiger partial charge in [-0.05, 0) is 4.92 Å². The van der Waals surface area contributed by atoms with E-state index in [0.29, 0.717) is 4.57 Å². The Balaban J connectivity index is 2.78. The molecule has 0 radical (unpaired) electrons. The van der Waals surface area contributed by atoms with Crippen molar-refractivity contribution in [2.24, 2.45) is 0 Å². The van der Waals surface area contributed by atoms with Gasteiger partial charge < -0.3 is 10.1 Å². The lowest BCUT2D eigenvalue weighted by molar-refractivity contribution is -0.392. The maximum Gasteiger partial charge on any atom is 0.389 e. The molecule has 106 valence electrons. The van der Waals surface area contributed by atoms with Gasteiger partial charge in [0.1, 0.15) is 6.20 Å². The van der Waals surface area contributed by atoms with Crippen LogP contribution < -0.4 is 0 Å². The van der Waals surface area contributed by atoms with E-state index in [9.17, 15) is 32.5 Å². The number of ketones is 1. The minimum absolute atomic E-state index is 0.368. The number of nitro groups is 1. The molecule has 0 aliphatic carbocycles. The van der Waals surface area contributed by atoms with E-state index in [4.69, 9.17) is 0 Å². The van der Waals surface area contributed by atoms with Crippen molar-refractivity contribution in [3.05, 3.63) is 22.1 Å². The van der Waals surface area contributed by atoms with Gasteiger partial charge in [-0.2, -0.15) is 13.2 Å². The fourth-order valence-electron chi connectivity index (χ4n) is 1.37. The molecule has 0 unspecified atom stereocenters. The molecule has 0 bridgehead atoms. The fourth-order valence-corrected chi connectivity index (χ4v) is 1.37. The highest BCUT2D eigenvalue weighted by molar-refractivity contribution is 5.78. The lowest BCUT2D eigenvalue weighted by Gasteiger charge is -2.05. The maximum absolute atomic E-state index is 12.5. The predicted octanol–water partition coefficient (Wildman–Crippen LogP) is 2.17. The number of hydrogen-bond donors (Lipinski definition) is 0. The summed E-state index contributed by atoms with van der Waals surface area (Å²) in [5, 5.41) is 10.6. The number of aromatic nitrogens is 2. The molecule has 1 aromatic rings. The van der Waals surface area contributed by atoms with Crippen LogP contribution in [0.3, 0.4) is 0 Å². The van der Waals surface area contributed by atoms with Crippen LogP contribution in [-0.2, 0) is 18.0 Å². The van der Waals surface area contributed by atoms with Crippen molar-refractivity contribution < 1.29 is 27.3 Å². The van der Waals surface area contributed by atoms with Crippen molar-refractivity contribution >= 4 is 11.6 Å². The van der Waals surface area contributed by atoms with Crippen LogP contribution in [0.25, 0.3) is 0 Å². The maximum atomic E-state index is 12.5. The summed E-state index contributed by atoms with van der Waals surface area (Å²) in [6.45, 7) is -1.86. The second-order valence-corrected chi connectivity index (χ2v) is 3.66. The normalized spacial score (nSPS) is 11.6. The molecule has 1 rings (SSSR count). The smallest absolute Gasteiger partial charge is 0.358 e. The average molecular weight is 282 g/mol. The molecule has 19 heavy (non-hydrogen) atoms. The highest BCUT2D eigenvalue weighted by Gasteiger charge is 2.29. The van der Waals surface area contributed by atoms with Crippen LogP contribution in [0.5, 0.6) is 0 Å². The quantitative estimate of drug-likeness (QED) is 0.455. The van der Waals surface area contributed by atoms with Gasteiger partial charge in [-0.25, -0.2) is 13.9 Å². The van der Waals surface area contributed by atoms with Crippen LogP contribution in [-0.4, -0.2) is 26.4 Å². The molecule has 0 spiro atoms. The Morgan fingerprint density at radius 3 is 2.58 bits per heavy atom. The Morgan fingerprint density at radius 1 is 1.47 bits per heavy atom. The molecule has 0 aromatic carbocycles. The number of rotatable bonds is 6. The molecule has 1 aromatic heterocycles. The van der Waals surface area contributed by atoms with Crippen molar-refractivity contribution in [1.82, 2.24) is 9.55 Å². The zero-order chi connectivity index (χ0) is 14.6. The van der Waals surface area contributed by atoms with E-state index in [1.807, 2.05) is 0 Å². The molecule has 0 saturated heterocycles.